The first-order valence-electron chi connectivity index (χ1n) is 6.89. The lowest BCUT2D eigenvalue weighted by molar-refractivity contribution is 0.106. The molecule has 1 aliphatic rings. The monoisotopic (exact) mass is 270 g/mol. The zero-order valence-electron chi connectivity index (χ0n) is 11.2. The van der Waals surface area contributed by atoms with Crippen LogP contribution in [0, 0.1) is 0 Å². The molecule has 2 N–H and O–H groups in total. The largest absolute Gasteiger partial charge is 0.394 e. The Labute approximate surface area is 117 Å². The third-order valence-corrected chi connectivity index (χ3v) is 3.91. The van der Waals surface area contributed by atoms with Gasteiger partial charge in [0.05, 0.1) is 12.6 Å². The highest BCUT2D eigenvalue weighted by molar-refractivity contribution is 5.27. The zero-order valence-corrected chi connectivity index (χ0v) is 11.2. The lowest BCUT2D eigenvalue weighted by Gasteiger charge is -2.35. The number of fused-ring (bicyclic) bond motifs is 1. The molecule has 1 aliphatic heterocycles. The van der Waals surface area contributed by atoms with Crippen molar-refractivity contribution in [2.24, 2.45) is 0 Å². The van der Waals surface area contributed by atoms with Crippen molar-refractivity contribution in [3.63, 3.8) is 0 Å². The predicted octanol–water partition coefficient (Wildman–Crippen LogP) is 1.47. The van der Waals surface area contributed by atoms with Crippen molar-refractivity contribution in [2.75, 3.05) is 13.2 Å². The number of nitrogens with one attached hydrogen (secondary N) is 1. The Morgan fingerprint density at radius 1 is 1.25 bits per heavy atom. The van der Waals surface area contributed by atoms with Crippen LogP contribution in [0.2, 0.25) is 0 Å². The van der Waals surface area contributed by atoms with Crippen LogP contribution in [0.4, 0.5) is 0 Å². The van der Waals surface area contributed by atoms with Gasteiger partial charge < -0.3 is 10.1 Å². The summed E-state index contributed by atoms with van der Waals surface area (Å²) in [5.41, 5.74) is 2.88. The van der Waals surface area contributed by atoms with E-state index in [2.05, 4.69) is 22.0 Å². The summed E-state index contributed by atoms with van der Waals surface area (Å²) in [5, 5.41) is 9.72. The lowest BCUT2D eigenvalue weighted by Crippen LogP contribution is -2.40. The molecular weight excluding hydrogens is 252 g/mol. The topological polar surface area (TPSA) is 56.3 Å². The molecule has 1 aromatic heterocycles. The molecule has 4 nitrogen and oxygen atoms in total. The summed E-state index contributed by atoms with van der Waals surface area (Å²) in [6, 6.07) is 11.5. The minimum atomic E-state index is -0.219. The molecule has 0 spiro atoms. The Bertz CT molecular complexity index is 636. The molecule has 20 heavy (non-hydrogen) atoms. The lowest BCUT2D eigenvalue weighted by atomic mass is 9.96. The van der Waals surface area contributed by atoms with Crippen molar-refractivity contribution < 1.29 is 5.11 Å². The van der Waals surface area contributed by atoms with Crippen molar-refractivity contribution in [2.45, 2.75) is 19.0 Å². The van der Waals surface area contributed by atoms with Crippen molar-refractivity contribution in [3.05, 3.63) is 69.6 Å². The van der Waals surface area contributed by atoms with Gasteiger partial charge in [0.2, 0.25) is 0 Å². The van der Waals surface area contributed by atoms with Crippen LogP contribution < -0.4 is 5.43 Å². The van der Waals surface area contributed by atoms with Crippen LogP contribution in [0.25, 0.3) is 0 Å². The maximum absolute atomic E-state index is 12.1. The van der Waals surface area contributed by atoms with Gasteiger partial charge in [-0.2, -0.15) is 0 Å². The van der Waals surface area contributed by atoms with Gasteiger partial charge in [0.25, 0.3) is 0 Å². The summed E-state index contributed by atoms with van der Waals surface area (Å²) < 4.78 is 0. The third-order valence-electron chi connectivity index (χ3n) is 3.91. The van der Waals surface area contributed by atoms with Crippen LogP contribution in [0.15, 0.2) is 47.4 Å². The molecule has 0 aliphatic carbocycles. The molecule has 4 heteroatoms. The maximum atomic E-state index is 12.1. The Morgan fingerprint density at radius 2 is 2.05 bits per heavy atom. The number of H-pyrrole nitrogens is 1. The van der Waals surface area contributed by atoms with E-state index in [0.29, 0.717) is 0 Å². The normalized spacial score (nSPS) is 18.8. The second-order valence-electron chi connectivity index (χ2n) is 5.14. The molecule has 3 rings (SSSR count). The van der Waals surface area contributed by atoms with E-state index in [0.717, 1.165) is 30.8 Å². The molecule has 0 saturated heterocycles. The average Bonchev–Trinajstić information content (AvgIpc) is 2.49. The van der Waals surface area contributed by atoms with Gasteiger partial charge in [-0.15, -0.1) is 0 Å². The van der Waals surface area contributed by atoms with Crippen molar-refractivity contribution in [1.82, 2.24) is 9.88 Å². The summed E-state index contributed by atoms with van der Waals surface area (Å²) in [7, 11) is 0. The van der Waals surface area contributed by atoms with Gasteiger partial charge in [-0.25, -0.2) is 0 Å². The Morgan fingerprint density at radius 3 is 2.80 bits per heavy atom. The van der Waals surface area contributed by atoms with Crippen LogP contribution in [-0.2, 0) is 13.0 Å². The fourth-order valence-electron chi connectivity index (χ4n) is 2.91. The van der Waals surface area contributed by atoms with E-state index >= 15 is 0 Å². The van der Waals surface area contributed by atoms with Gasteiger partial charge in [0, 0.05) is 43.0 Å². The van der Waals surface area contributed by atoms with Crippen molar-refractivity contribution in [3.8, 4) is 0 Å². The van der Waals surface area contributed by atoms with E-state index in [1.165, 1.54) is 11.6 Å². The molecule has 104 valence electrons. The molecule has 1 atom stereocenters. The van der Waals surface area contributed by atoms with Crippen molar-refractivity contribution >= 4 is 0 Å². The number of hydrogen-bond acceptors (Lipinski definition) is 3. The number of aromatic nitrogens is 1. The first kappa shape index (κ1) is 13.1. The maximum Gasteiger partial charge on any atom is 0.186 e. The Balaban J connectivity index is 1.91. The minimum absolute atomic E-state index is 0.00978. The average molecular weight is 270 g/mol. The van der Waals surface area contributed by atoms with Crippen LogP contribution in [0.1, 0.15) is 22.9 Å². The van der Waals surface area contributed by atoms with Gasteiger partial charge in [-0.1, -0.05) is 30.3 Å². The number of aromatic amines is 1. The van der Waals surface area contributed by atoms with E-state index < -0.39 is 0 Å². The third kappa shape index (κ3) is 2.40. The number of pyridine rings is 1. The summed E-state index contributed by atoms with van der Waals surface area (Å²) in [6.45, 7) is 1.56. The summed E-state index contributed by atoms with van der Waals surface area (Å²) in [6.07, 6.45) is 2.50. The second kappa shape index (κ2) is 5.61. The smallest absolute Gasteiger partial charge is 0.186 e. The molecule has 1 unspecified atom stereocenters. The Hall–Kier alpha value is -1.91. The van der Waals surface area contributed by atoms with Gasteiger partial charge in [0.15, 0.2) is 5.43 Å². The SMILES string of the molecule is O=c1cc[nH]c2c1C(CO)N(Cc1ccccc1)CC2. The standard InChI is InChI=1S/C16H18N2O2/c19-11-14-16-13(17-8-6-15(16)20)7-9-18(14)10-12-4-2-1-3-5-12/h1-6,8,14,19H,7,9-11H2,(H,17,20). The van der Waals surface area contributed by atoms with E-state index in [1.54, 1.807) is 6.20 Å². The summed E-state index contributed by atoms with van der Waals surface area (Å²) in [4.78, 5) is 17.4. The predicted molar refractivity (Wildman–Crippen MR) is 77.4 cm³/mol. The first-order chi connectivity index (χ1) is 9.79. The number of rotatable bonds is 3. The molecular formula is C16H18N2O2. The van der Waals surface area contributed by atoms with E-state index in [4.69, 9.17) is 0 Å². The first-order valence-corrected chi connectivity index (χ1v) is 6.89. The highest BCUT2D eigenvalue weighted by Crippen LogP contribution is 2.27. The molecule has 0 saturated carbocycles. The van der Waals surface area contributed by atoms with Gasteiger partial charge in [-0.05, 0) is 5.56 Å². The van der Waals surface area contributed by atoms with E-state index in [1.807, 2.05) is 18.2 Å². The summed E-state index contributed by atoms with van der Waals surface area (Å²) in [5.74, 6) is 0. The second-order valence-corrected chi connectivity index (χ2v) is 5.14. The van der Waals surface area contributed by atoms with Crippen LogP contribution in [-0.4, -0.2) is 28.1 Å². The van der Waals surface area contributed by atoms with E-state index in [-0.39, 0.29) is 18.1 Å². The van der Waals surface area contributed by atoms with E-state index in [9.17, 15) is 9.90 Å². The van der Waals surface area contributed by atoms with Gasteiger partial charge >= 0.3 is 0 Å². The molecule has 0 amide bonds. The fraction of sp³-hybridized carbons (Fsp3) is 0.312. The zero-order chi connectivity index (χ0) is 13.9. The minimum Gasteiger partial charge on any atom is -0.394 e. The number of aliphatic hydroxyl groups is 1. The number of aliphatic hydroxyl groups excluding tert-OH is 1. The molecule has 1 aromatic carbocycles. The molecule has 2 heterocycles. The molecule has 0 bridgehead atoms. The number of nitrogens with zero attached hydrogens (tertiary/aromatic N) is 1. The fourth-order valence-corrected chi connectivity index (χ4v) is 2.91. The highest BCUT2D eigenvalue weighted by Gasteiger charge is 2.29. The number of benzene rings is 1. The molecule has 0 fully saturated rings. The Kier molecular flexibility index (Phi) is 3.67. The quantitative estimate of drug-likeness (QED) is 0.888. The molecule has 0 radical (unpaired) electrons. The molecule has 2 aromatic rings. The van der Waals surface area contributed by atoms with Crippen LogP contribution in [0.3, 0.4) is 0 Å². The number of hydrogen-bond donors (Lipinski definition) is 2. The van der Waals surface area contributed by atoms with Gasteiger partial charge in [0.1, 0.15) is 0 Å². The van der Waals surface area contributed by atoms with Crippen LogP contribution >= 0.6 is 0 Å². The van der Waals surface area contributed by atoms with Crippen LogP contribution in [0.5, 0.6) is 0 Å². The highest BCUT2D eigenvalue weighted by atomic mass is 16.3. The van der Waals surface area contributed by atoms with Gasteiger partial charge in [-0.3, -0.25) is 9.69 Å². The summed E-state index contributed by atoms with van der Waals surface area (Å²) >= 11 is 0. The van der Waals surface area contributed by atoms with Crippen molar-refractivity contribution in [1.29, 1.82) is 0 Å².